The maximum Gasteiger partial charge on any atom is 0.0714 e. The average molecular weight is 790 g/mol. The molecule has 0 N–H and O–H groups in total. The molecule has 10 aromatic carbocycles. The van der Waals surface area contributed by atoms with Crippen LogP contribution in [-0.4, -0.2) is 0 Å². The Labute approximate surface area is 364 Å². The van der Waals surface area contributed by atoms with Crippen molar-refractivity contribution in [3.63, 3.8) is 0 Å². The van der Waals surface area contributed by atoms with Crippen molar-refractivity contribution >= 4 is 17.1 Å². The summed E-state index contributed by atoms with van der Waals surface area (Å²) >= 11 is 0. The zero-order valence-corrected chi connectivity index (χ0v) is 34.3. The second kappa shape index (κ2) is 15.9. The predicted molar refractivity (Wildman–Crippen MR) is 260 cm³/mol. The van der Waals surface area contributed by atoms with Gasteiger partial charge in [0.2, 0.25) is 0 Å². The van der Waals surface area contributed by atoms with Gasteiger partial charge in [-0.3, -0.25) is 0 Å². The number of fused-ring (bicyclic) bond motifs is 3. The van der Waals surface area contributed by atoms with Crippen molar-refractivity contribution in [1.29, 1.82) is 0 Å². The monoisotopic (exact) mass is 789 g/mol. The van der Waals surface area contributed by atoms with Crippen LogP contribution in [0, 0.1) is 0 Å². The third-order valence-electron chi connectivity index (χ3n) is 12.5. The van der Waals surface area contributed by atoms with Crippen molar-refractivity contribution in [3.05, 3.63) is 283 Å². The highest BCUT2D eigenvalue weighted by Gasteiger charge is 2.47. The smallest absolute Gasteiger partial charge is 0.0714 e. The summed E-state index contributed by atoms with van der Waals surface area (Å²) in [6, 6.07) is 95.2. The van der Waals surface area contributed by atoms with E-state index in [9.17, 15) is 0 Å². The molecule has 62 heavy (non-hydrogen) atoms. The van der Waals surface area contributed by atoms with Crippen LogP contribution in [0.4, 0.5) is 17.1 Å². The first-order chi connectivity index (χ1) is 30.8. The van der Waals surface area contributed by atoms with E-state index in [1.54, 1.807) is 0 Å². The van der Waals surface area contributed by atoms with Gasteiger partial charge in [-0.15, -0.1) is 0 Å². The maximum atomic E-state index is 2.49. The van der Waals surface area contributed by atoms with Crippen LogP contribution in [0.25, 0.3) is 55.6 Å². The first-order valence-electron chi connectivity index (χ1n) is 21.4. The summed E-state index contributed by atoms with van der Waals surface area (Å²) in [6.07, 6.45) is 0. The Bertz CT molecular complexity index is 3040. The molecule has 0 atom stereocenters. The molecule has 0 aromatic heterocycles. The van der Waals surface area contributed by atoms with Crippen molar-refractivity contribution in [2.24, 2.45) is 0 Å². The zero-order chi connectivity index (χ0) is 41.3. The van der Waals surface area contributed by atoms with Gasteiger partial charge in [0, 0.05) is 16.8 Å². The molecule has 0 aliphatic heterocycles. The number of anilines is 3. The van der Waals surface area contributed by atoms with Gasteiger partial charge in [0.1, 0.15) is 0 Å². The first-order valence-corrected chi connectivity index (χ1v) is 21.4. The van der Waals surface area contributed by atoms with Crippen LogP contribution < -0.4 is 4.90 Å². The van der Waals surface area contributed by atoms with Crippen molar-refractivity contribution in [3.8, 4) is 55.6 Å². The minimum atomic E-state index is -0.515. The SMILES string of the molecule is c1ccc(-c2cc(-c3ccccc3)cc(-c3ccc(N(c4ccccc4-c4ccccc4)c4cccc5c4-c4ccccc4C5(c4ccccc4)c4ccccc4)cc3)c2)cc1. The van der Waals surface area contributed by atoms with E-state index < -0.39 is 5.41 Å². The minimum Gasteiger partial charge on any atom is -0.309 e. The second-order valence-corrected chi connectivity index (χ2v) is 16.0. The van der Waals surface area contributed by atoms with Gasteiger partial charge in [0.25, 0.3) is 0 Å². The van der Waals surface area contributed by atoms with Crippen LogP contribution in [-0.2, 0) is 5.41 Å². The van der Waals surface area contributed by atoms with E-state index in [0.717, 1.165) is 22.6 Å². The number of para-hydroxylation sites is 1. The molecule has 11 rings (SSSR count). The van der Waals surface area contributed by atoms with Crippen LogP contribution in [0.1, 0.15) is 22.3 Å². The minimum absolute atomic E-state index is 0.515. The van der Waals surface area contributed by atoms with Crippen LogP contribution in [0.15, 0.2) is 261 Å². The van der Waals surface area contributed by atoms with Gasteiger partial charge >= 0.3 is 0 Å². The van der Waals surface area contributed by atoms with Gasteiger partial charge in [0.15, 0.2) is 0 Å². The summed E-state index contributed by atoms with van der Waals surface area (Å²) in [5.74, 6) is 0. The van der Waals surface area contributed by atoms with E-state index in [0.29, 0.717) is 0 Å². The molecule has 0 spiro atoms. The summed E-state index contributed by atoms with van der Waals surface area (Å²) in [6.45, 7) is 0. The molecule has 0 radical (unpaired) electrons. The molecule has 1 heteroatoms. The summed E-state index contributed by atoms with van der Waals surface area (Å²) in [5, 5.41) is 0. The number of rotatable bonds is 9. The van der Waals surface area contributed by atoms with Crippen molar-refractivity contribution in [2.75, 3.05) is 4.90 Å². The fourth-order valence-electron chi connectivity index (χ4n) is 9.79. The molecule has 10 aromatic rings. The van der Waals surface area contributed by atoms with E-state index in [1.807, 2.05) is 0 Å². The lowest BCUT2D eigenvalue weighted by Crippen LogP contribution is -2.28. The maximum absolute atomic E-state index is 2.49. The van der Waals surface area contributed by atoms with E-state index in [1.165, 1.54) is 72.3 Å². The molecule has 1 nitrogen and oxygen atoms in total. The zero-order valence-electron chi connectivity index (χ0n) is 34.3. The Hall–Kier alpha value is -8.00. The Morgan fingerprint density at radius 2 is 0.661 bits per heavy atom. The third kappa shape index (κ3) is 6.35. The van der Waals surface area contributed by atoms with Crippen LogP contribution >= 0.6 is 0 Å². The molecule has 0 bridgehead atoms. The topological polar surface area (TPSA) is 3.24 Å². The molecule has 1 aliphatic rings. The quantitative estimate of drug-likeness (QED) is 0.141. The normalized spacial score (nSPS) is 12.3. The number of nitrogens with zero attached hydrogens (tertiary/aromatic N) is 1. The van der Waals surface area contributed by atoms with Crippen molar-refractivity contribution in [1.82, 2.24) is 0 Å². The van der Waals surface area contributed by atoms with Gasteiger partial charge < -0.3 is 4.90 Å². The molecule has 1 aliphatic carbocycles. The Morgan fingerprint density at radius 1 is 0.258 bits per heavy atom. The third-order valence-corrected chi connectivity index (χ3v) is 12.5. The molecule has 0 saturated carbocycles. The first kappa shape index (κ1) is 37.0. The van der Waals surface area contributed by atoms with E-state index in [-0.39, 0.29) is 0 Å². The van der Waals surface area contributed by atoms with Crippen LogP contribution in [0.5, 0.6) is 0 Å². The molecular weight excluding hydrogens is 747 g/mol. The average Bonchev–Trinajstić information content (AvgIpc) is 3.67. The Kier molecular flexibility index (Phi) is 9.48. The van der Waals surface area contributed by atoms with Crippen molar-refractivity contribution < 1.29 is 0 Å². The van der Waals surface area contributed by atoms with E-state index >= 15 is 0 Å². The van der Waals surface area contributed by atoms with E-state index in [2.05, 4.69) is 266 Å². The largest absolute Gasteiger partial charge is 0.309 e. The molecule has 0 amide bonds. The fraction of sp³-hybridized carbons (Fsp3) is 0.0164. The van der Waals surface area contributed by atoms with Gasteiger partial charge in [-0.25, -0.2) is 0 Å². The van der Waals surface area contributed by atoms with Gasteiger partial charge in [-0.05, 0) is 109 Å². The lowest BCUT2D eigenvalue weighted by atomic mass is 9.68. The Morgan fingerprint density at radius 3 is 1.21 bits per heavy atom. The van der Waals surface area contributed by atoms with Crippen LogP contribution in [0.2, 0.25) is 0 Å². The Balaban J connectivity index is 1.14. The van der Waals surface area contributed by atoms with Gasteiger partial charge in [-0.1, -0.05) is 218 Å². The number of benzene rings is 10. The summed E-state index contributed by atoms with van der Waals surface area (Å²) in [7, 11) is 0. The summed E-state index contributed by atoms with van der Waals surface area (Å²) < 4.78 is 0. The molecule has 0 saturated heterocycles. The van der Waals surface area contributed by atoms with Gasteiger partial charge in [-0.2, -0.15) is 0 Å². The molecular formula is C61H43N. The molecule has 0 heterocycles. The fourth-order valence-corrected chi connectivity index (χ4v) is 9.79. The number of hydrogen-bond acceptors (Lipinski definition) is 1. The molecule has 292 valence electrons. The summed E-state index contributed by atoms with van der Waals surface area (Å²) in [5.41, 5.74) is 19.9. The second-order valence-electron chi connectivity index (χ2n) is 16.0. The summed E-state index contributed by atoms with van der Waals surface area (Å²) in [4.78, 5) is 2.49. The number of hydrogen-bond donors (Lipinski definition) is 0. The van der Waals surface area contributed by atoms with Crippen molar-refractivity contribution in [2.45, 2.75) is 5.41 Å². The highest BCUT2D eigenvalue weighted by atomic mass is 15.1. The standard InChI is InChI=1S/C61H43N/c1-6-21-44(22-7-1)48-41-49(45-23-8-2-9-24-45)43-50(42-48)46-37-39-53(40-38-46)62(58-35-19-17-31-54(58)47-25-10-3-11-26-47)59-36-20-34-57-60(59)55-32-16-18-33-56(55)61(57,51-27-12-4-13-28-51)52-29-14-5-15-30-52/h1-43H. The lowest BCUT2D eigenvalue weighted by molar-refractivity contribution is 0.768. The highest BCUT2D eigenvalue weighted by molar-refractivity contribution is 5.99. The lowest BCUT2D eigenvalue weighted by Gasteiger charge is -2.34. The van der Waals surface area contributed by atoms with E-state index in [4.69, 9.17) is 0 Å². The van der Waals surface area contributed by atoms with Gasteiger partial charge in [0.05, 0.1) is 16.8 Å². The highest BCUT2D eigenvalue weighted by Crippen LogP contribution is 2.59. The van der Waals surface area contributed by atoms with Crippen LogP contribution in [0.3, 0.4) is 0 Å². The molecule has 0 fully saturated rings. The predicted octanol–water partition coefficient (Wildman–Crippen LogP) is 16.2. The molecule has 0 unspecified atom stereocenters.